The normalized spacial score (nSPS) is 9.76. The maximum Gasteiger partial charge on any atom is 0.222 e. The Labute approximate surface area is 101 Å². The maximum absolute atomic E-state index is 11.2. The highest BCUT2D eigenvalue weighted by Gasteiger charge is 2.04. The van der Waals surface area contributed by atoms with Crippen LogP contribution in [0.1, 0.15) is 19.4 Å². The van der Waals surface area contributed by atoms with Gasteiger partial charge in [0, 0.05) is 5.92 Å². The molecule has 1 rings (SSSR count). The SMILES string of the molecule is CC(C)C(=O)NCCOc1ccc(C#N)cc1. The van der Waals surface area contributed by atoms with Gasteiger partial charge in [0.2, 0.25) is 5.91 Å². The molecule has 0 aliphatic heterocycles. The number of rotatable bonds is 5. The molecule has 0 aromatic heterocycles. The van der Waals surface area contributed by atoms with Crippen molar-refractivity contribution in [1.29, 1.82) is 5.26 Å². The van der Waals surface area contributed by atoms with Gasteiger partial charge in [0.15, 0.2) is 0 Å². The van der Waals surface area contributed by atoms with Crippen molar-refractivity contribution in [1.82, 2.24) is 5.32 Å². The number of nitrogens with zero attached hydrogens (tertiary/aromatic N) is 1. The molecule has 1 aromatic rings. The quantitative estimate of drug-likeness (QED) is 0.786. The summed E-state index contributed by atoms with van der Waals surface area (Å²) in [5, 5.41) is 11.4. The van der Waals surface area contributed by atoms with E-state index in [9.17, 15) is 4.79 Å². The van der Waals surface area contributed by atoms with Crippen LogP contribution in [0.2, 0.25) is 0 Å². The summed E-state index contributed by atoms with van der Waals surface area (Å²) in [6.07, 6.45) is 0. The molecule has 1 aromatic carbocycles. The second kappa shape index (κ2) is 6.54. The van der Waals surface area contributed by atoms with E-state index in [-0.39, 0.29) is 11.8 Å². The number of hydrogen-bond donors (Lipinski definition) is 1. The van der Waals surface area contributed by atoms with Gasteiger partial charge < -0.3 is 10.1 Å². The molecular weight excluding hydrogens is 216 g/mol. The molecule has 0 aliphatic carbocycles. The Morgan fingerprint density at radius 1 is 1.41 bits per heavy atom. The third-order valence-electron chi connectivity index (χ3n) is 2.18. The van der Waals surface area contributed by atoms with E-state index >= 15 is 0 Å². The van der Waals surface area contributed by atoms with Gasteiger partial charge in [0.05, 0.1) is 18.2 Å². The summed E-state index contributed by atoms with van der Waals surface area (Å²) in [6, 6.07) is 8.91. The first kappa shape index (κ1) is 13.0. The highest BCUT2D eigenvalue weighted by atomic mass is 16.5. The van der Waals surface area contributed by atoms with Crippen LogP contribution in [0.15, 0.2) is 24.3 Å². The Hall–Kier alpha value is -2.02. The molecular formula is C13H16N2O2. The van der Waals surface area contributed by atoms with Crippen LogP contribution in [-0.2, 0) is 4.79 Å². The second-order valence-electron chi connectivity index (χ2n) is 3.93. The minimum absolute atomic E-state index is 0.00934. The Morgan fingerprint density at radius 3 is 2.59 bits per heavy atom. The van der Waals surface area contributed by atoms with Gasteiger partial charge in [-0.25, -0.2) is 0 Å². The van der Waals surface area contributed by atoms with E-state index in [1.807, 2.05) is 19.9 Å². The van der Waals surface area contributed by atoms with Crippen molar-refractivity contribution in [3.8, 4) is 11.8 Å². The third kappa shape index (κ3) is 4.56. The summed E-state index contributed by atoms with van der Waals surface area (Å²) >= 11 is 0. The van der Waals surface area contributed by atoms with Crippen molar-refractivity contribution in [3.63, 3.8) is 0 Å². The van der Waals surface area contributed by atoms with Gasteiger partial charge >= 0.3 is 0 Å². The first-order valence-corrected chi connectivity index (χ1v) is 5.54. The van der Waals surface area contributed by atoms with Crippen LogP contribution in [0.4, 0.5) is 0 Å². The van der Waals surface area contributed by atoms with Crippen molar-refractivity contribution in [3.05, 3.63) is 29.8 Å². The summed E-state index contributed by atoms with van der Waals surface area (Å²) in [7, 11) is 0. The van der Waals surface area contributed by atoms with Gasteiger partial charge in [0.25, 0.3) is 0 Å². The Kier molecular flexibility index (Phi) is 5.02. The fraction of sp³-hybridized carbons (Fsp3) is 0.385. The van der Waals surface area contributed by atoms with Gasteiger partial charge in [-0.15, -0.1) is 0 Å². The highest BCUT2D eigenvalue weighted by Crippen LogP contribution is 2.10. The van der Waals surface area contributed by atoms with Gasteiger partial charge in [-0.05, 0) is 24.3 Å². The molecule has 0 heterocycles. The Balaban J connectivity index is 2.27. The number of carbonyl (C=O) groups excluding carboxylic acids is 1. The largest absolute Gasteiger partial charge is 0.492 e. The molecule has 1 amide bonds. The van der Waals surface area contributed by atoms with E-state index in [1.54, 1.807) is 24.3 Å². The lowest BCUT2D eigenvalue weighted by Crippen LogP contribution is -2.31. The van der Waals surface area contributed by atoms with Gasteiger partial charge in [0.1, 0.15) is 12.4 Å². The van der Waals surface area contributed by atoms with Crippen LogP contribution in [0, 0.1) is 17.2 Å². The molecule has 90 valence electrons. The molecule has 0 bridgehead atoms. The van der Waals surface area contributed by atoms with E-state index in [2.05, 4.69) is 5.32 Å². The van der Waals surface area contributed by atoms with Crippen molar-refractivity contribution in [2.24, 2.45) is 5.92 Å². The minimum atomic E-state index is -0.00934. The fourth-order valence-electron chi connectivity index (χ4n) is 1.17. The topological polar surface area (TPSA) is 62.1 Å². The molecule has 0 saturated heterocycles. The summed E-state index contributed by atoms with van der Waals surface area (Å²) in [5.74, 6) is 0.709. The Bertz CT molecular complexity index is 404. The standard InChI is InChI=1S/C13H16N2O2/c1-10(2)13(16)15-7-8-17-12-5-3-11(9-14)4-6-12/h3-6,10H,7-8H2,1-2H3,(H,15,16). The molecule has 0 unspecified atom stereocenters. The van der Waals surface area contributed by atoms with E-state index in [0.29, 0.717) is 24.5 Å². The van der Waals surface area contributed by atoms with Crippen LogP contribution >= 0.6 is 0 Å². The number of hydrogen-bond acceptors (Lipinski definition) is 3. The molecule has 1 N–H and O–H groups in total. The third-order valence-corrected chi connectivity index (χ3v) is 2.18. The summed E-state index contributed by atoms with van der Waals surface area (Å²) in [6.45, 7) is 4.59. The first-order valence-electron chi connectivity index (χ1n) is 5.54. The lowest BCUT2D eigenvalue weighted by Gasteiger charge is -2.09. The van der Waals surface area contributed by atoms with Crippen LogP contribution < -0.4 is 10.1 Å². The zero-order chi connectivity index (χ0) is 12.7. The van der Waals surface area contributed by atoms with E-state index in [1.165, 1.54) is 0 Å². The van der Waals surface area contributed by atoms with Crippen molar-refractivity contribution in [2.75, 3.05) is 13.2 Å². The molecule has 0 spiro atoms. The van der Waals surface area contributed by atoms with Gasteiger partial charge in [-0.1, -0.05) is 13.8 Å². The average Bonchev–Trinajstić information content (AvgIpc) is 2.35. The molecule has 4 nitrogen and oxygen atoms in total. The molecule has 0 atom stereocenters. The monoisotopic (exact) mass is 232 g/mol. The zero-order valence-electron chi connectivity index (χ0n) is 10.1. The van der Waals surface area contributed by atoms with E-state index in [4.69, 9.17) is 10.00 Å². The smallest absolute Gasteiger partial charge is 0.222 e. The summed E-state index contributed by atoms with van der Waals surface area (Å²) in [4.78, 5) is 11.2. The van der Waals surface area contributed by atoms with Crippen LogP contribution in [-0.4, -0.2) is 19.1 Å². The van der Waals surface area contributed by atoms with E-state index in [0.717, 1.165) is 0 Å². The van der Waals surface area contributed by atoms with Gasteiger partial charge in [-0.3, -0.25) is 4.79 Å². The lowest BCUT2D eigenvalue weighted by molar-refractivity contribution is -0.124. The molecule has 0 saturated carbocycles. The average molecular weight is 232 g/mol. The maximum atomic E-state index is 11.2. The van der Waals surface area contributed by atoms with Crippen LogP contribution in [0.3, 0.4) is 0 Å². The molecule has 17 heavy (non-hydrogen) atoms. The van der Waals surface area contributed by atoms with Gasteiger partial charge in [-0.2, -0.15) is 5.26 Å². The number of nitrogens with one attached hydrogen (secondary N) is 1. The molecule has 0 fully saturated rings. The number of benzene rings is 1. The molecule has 4 heteroatoms. The highest BCUT2D eigenvalue weighted by molar-refractivity contribution is 5.77. The predicted octanol–water partition coefficient (Wildman–Crippen LogP) is 1.71. The van der Waals surface area contributed by atoms with Crippen LogP contribution in [0.5, 0.6) is 5.75 Å². The number of ether oxygens (including phenoxy) is 1. The molecule has 0 aliphatic rings. The van der Waals surface area contributed by atoms with Crippen molar-refractivity contribution >= 4 is 5.91 Å². The zero-order valence-corrected chi connectivity index (χ0v) is 10.1. The van der Waals surface area contributed by atoms with E-state index < -0.39 is 0 Å². The second-order valence-corrected chi connectivity index (χ2v) is 3.93. The predicted molar refractivity (Wildman–Crippen MR) is 64.5 cm³/mol. The number of carbonyl (C=O) groups is 1. The number of amides is 1. The first-order chi connectivity index (χ1) is 8.13. The van der Waals surface area contributed by atoms with Crippen LogP contribution in [0.25, 0.3) is 0 Å². The van der Waals surface area contributed by atoms with Crippen molar-refractivity contribution < 1.29 is 9.53 Å². The number of nitriles is 1. The minimum Gasteiger partial charge on any atom is -0.492 e. The van der Waals surface area contributed by atoms with Crippen molar-refractivity contribution in [2.45, 2.75) is 13.8 Å². The fourth-order valence-corrected chi connectivity index (χ4v) is 1.17. The lowest BCUT2D eigenvalue weighted by atomic mass is 10.2. The Morgan fingerprint density at radius 2 is 2.06 bits per heavy atom. The summed E-state index contributed by atoms with van der Waals surface area (Å²) in [5.41, 5.74) is 0.602. The summed E-state index contributed by atoms with van der Waals surface area (Å²) < 4.78 is 5.41. The molecule has 0 radical (unpaired) electrons.